The largest absolute Gasteiger partial charge is 0.478 e. The Morgan fingerprint density at radius 3 is 2.16 bits per heavy atom. The average Bonchev–Trinajstić information content (AvgIpc) is 3.38. The predicted molar refractivity (Wildman–Crippen MR) is 117 cm³/mol. The number of carbonyl (C=O) groups excluding carboxylic acids is 1. The van der Waals surface area contributed by atoms with Gasteiger partial charge in [0.15, 0.2) is 0 Å². The van der Waals surface area contributed by atoms with Gasteiger partial charge in [-0.2, -0.15) is 0 Å². The van der Waals surface area contributed by atoms with Gasteiger partial charge < -0.3 is 10.4 Å². The summed E-state index contributed by atoms with van der Waals surface area (Å²) in [7, 11) is -3.64. The fraction of sp³-hybridized carbons (Fsp3) is 0.391. The van der Waals surface area contributed by atoms with Gasteiger partial charge in [0.2, 0.25) is 10.0 Å². The smallest absolute Gasteiger partial charge is 0.335 e. The van der Waals surface area contributed by atoms with Crippen molar-refractivity contribution in [1.29, 1.82) is 0 Å². The second kappa shape index (κ2) is 8.43. The Kier molecular flexibility index (Phi) is 5.85. The van der Waals surface area contributed by atoms with Gasteiger partial charge in [-0.05, 0) is 92.5 Å². The van der Waals surface area contributed by atoms with Crippen molar-refractivity contribution in [3.8, 4) is 0 Å². The van der Waals surface area contributed by atoms with E-state index in [1.807, 2.05) is 6.92 Å². The lowest BCUT2D eigenvalue weighted by Gasteiger charge is -2.28. The van der Waals surface area contributed by atoms with Crippen LogP contribution >= 0.6 is 0 Å². The normalized spacial score (nSPS) is 23.5. The van der Waals surface area contributed by atoms with E-state index in [4.69, 9.17) is 5.11 Å². The maximum absolute atomic E-state index is 12.8. The van der Waals surface area contributed by atoms with E-state index >= 15 is 0 Å². The van der Waals surface area contributed by atoms with Crippen LogP contribution in [0.5, 0.6) is 0 Å². The van der Waals surface area contributed by atoms with E-state index in [1.165, 1.54) is 55.7 Å². The van der Waals surface area contributed by atoms with Crippen LogP contribution in [0.1, 0.15) is 53.3 Å². The summed E-state index contributed by atoms with van der Waals surface area (Å²) in [6, 6.07) is 11.5. The molecule has 2 aliphatic rings. The van der Waals surface area contributed by atoms with Gasteiger partial charge in [-0.15, -0.1) is 0 Å². The molecule has 4 atom stereocenters. The molecule has 2 saturated carbocycles. The summed E-state index contributed by atoms with van der Waals surface area (Å²) in [5.41, 5.74) is 0.855. The third-order valence-electron chi connectivity index (χ3n) is 6.59. The number of sulfonamides is 1. The Morgan fingerprint density at radius 1 is 0.968 bits per heavy atom. The van der Waals surface area contributed by atoms with Crippen molar-refractivity contribution in [2.24, 2.45) is 17.8 Å². The Morgan fingerprint density at radius 2 is 1.61 bits per heavy atom. The van der Waals surface area contributed by atoms with E-state index in [0.29, 0.717) is 23.1 Å². The summed E-state index contributed by atoms with van der Waals surface area (Å²) in [6.45, 7) is 1.95. The van der Waals surface area contributed by atoms with E-state index in [9.17, 15) is 18.0 Å². The number of carboxylic acids is 1. The molecule has 4 unspecified atom stereocenters. The Bertz CT molecular complexity index is 1080. The molecule has 31 heavy (non-hydrogen) atoms. The van der Waals surface area contributed by atoms with Crippen LogP contribution in [0.2, 0.25) is 0 Å². The second-order valence-corrected chi connectivity index (χ2v) is 10.3. The number of anilines is 1. The quantitative estimate of drug-likeness (QED) is 0.605. The molecule has 0 aromatic heterocycles. The number of rotatable bonds is 7. The number of hydrogen-bond donors (Lipinski definition) is 3. The molecule has 0 heterocycles. The van der Waals surface area contributed by atoms with Crippen LogP contribution in [-0.2, 0) is 10.0 Å². The lowest BCUT2D eigenvalue weighted by molar-refractivity contribution is 0.0696. The van der Waals surface area contributed by atoms with E-state index in [1.54, 1.807) is 12.1 Å². The molecule has 2 fully saturated rings. The summed E-state index contributed by atoms with van der Waals surface area (Å²) in [5, 5.41) is 11.6. The maximum Gasteiger partial charge on any atom is 0.335 e. The lowest BCUT2D eigenvalue weighted by Crippen LogP contribution is -2.40. The zero-order valence-corrected chi connectivity index (χ0v) is 18.1. The molecule has 2 aromatic carbocycles. The van der Waals surface area contributed by atoms with Crippen molar-refractivity contribution in [2.75, 3.05) is 5.32 Å². The molecule has 1 amide bonds. The minimum Gasteiger partial charge on any atom is -0.478 e. The number of nitrogens with one attached hydrogen (secondary N) is 2. The average molecular weight is 443 g/mol. The number of amides is 1. The molecule has 8 heteroatoms. The summed E-state index contributed by atoms with van der Waals surface area (Å²) in [4.78, 5) is 23.4. The zero-order valence-electron chi connectivity index (χ0n) is 17.2. The second-order valence-electron chi connectivity index (χ2n) is 8.61. The number of hydrogen-bond acceptors (Lipinski definition) is 4. The van der Waals surface area contributed by atoms with Crippen molar-refractivity contribution in [2.45, 2.75) is 43.5 Å². The van der Waals surface area contributed by atoms with Gasteiger partial charge >= 0.3 is 5.97 Å². The fourth-order valence-corrected chi connectivity index (χ4v) is 6.29. The molecule has 4 rings (SSSR count). The fourth-order valence-electron chi connectivity index (χ4n) is 4.99. The molecule has 0 saturated heterocycles. The molecular formula is C23H26N2O5S. The van der Waals surface area contributed by atoms with Crippen LogP contribution in [0.25, 0.3) is 0 Å². The number of carboxylic acid groups (broad SMARTS) is 1. The molecule has 2 aromatic rings. The summed E-state index contributed by atoms with van der Waals surface area (Å²) in [5.74, 6) is 0.317. The molecule has 7 nitrogen and oxygen atoms in total. The van der Waals surface area contributed by atoms with Crippen LogP contribution in [-0.4, -0.2) is 31.4 Å². The molecule has 164 valence electrons. The standard InChI is InChI=1S/C23H26N2O5S/c1-14(21-13-15-2-3-18(21)12-15)25-31(29,30)20-10-8-19(9-11-20)24-22(26)16-4-6-17(7-5-16)23(27)28/h4-11,14-15,18,21,25H,2-3,12-13H2,1H3,(H,24,26)(H,27,28). The maximum atomic E-state index is 12.8. The number of benzene rings is 2. The molecule has 3 N–H and O–H groups in total. The summed E-state index contributed by atoms with van der Waals surface area (Å²) >= 11 is 0. The van der Waals surface area contributed by atoms with Crippen molar-refractivity contribution in [1.82, 2.24) is 4.72 Å². The highest BCUT2D eigenvalue weighted by molar-refractivity contribution is 7.89. The number of aromatic carboxylic acids is 1. The first-order valence-corrected chi connectivity index (χ1v) is 12.0. The highest BCUT2D eigenvalue weighted by Gasteiger charge is 2.42. The summed E-state index contributed by atoms with van der Waals surface area (Å²) < 4.78 is 28.4. The van der Waals surface area contributed by atoms with E-state index in [2.05, 4.69) is 10.0 Å². The van der Waals surface area contributed by atoms with Crippen LogP contribution in [0.4, 0.5) is 5.69 Å². The van der Waals surface area contributed by atoms with Crippen molar-refractivity contribution in [3.05, 3.63) is 59.7 Å². The van der Waals surface area contributed by atoms with E-state index in [-0.39, 0.29) is 16.5 Å². The van der Waals surface area contributed by atoms with Gasteiger partial charge in [0.1, 0.15) is 0 Å². The Labute approximate surface area is 181 Å². The van der Waals surface area contributed by atoms with Crippen LogP contribution in [0.15, 0.2) is 53.4 Å². The minimum absolute atomic E-state index is 0.0956. The highest BCUT2D eigenvalue weighted by Crippen LogP contribution is 2.49. The van der Waals surface area contributed by atoms with Crippen LogP contribution in [0.3, 0.4) is 0 Å². The van der Waals surface area contributed by atoms with Gasteiger partial charge in [-0.1, -0.05) is 6.42 Å². The first-order valence-electron chi connectivity index (χ1n) is 10.5. The first-order chi connectivity index (χ1) is 14.7. The van der Waals surface area contributed by atoms with Crippen molar-refractivity contribution in [3.63, 3.8) is 0 Å². The van der Waals surface area contributed by atoms with Gasteiger partial charge in [0, 0.05) is 17.3 Å². The van der Waals surface area contributed by atoms with Crippen LogP contribution < -0.4 is 10.0 Å². The molecule has 2 aliphatic carbocycles. The molecule has 0 aliphatic heterocycles. The highest BCUT2D eigenvalue weighted by atomic mass is 32.2. The topological polar surface area (TPSA) is 113 Å². The third-order valence-corrected chi connectivity index (χ3v) is 8.17. The predicted octanol–water partition coefficient (Wildman–Crippen LogP) is 3.74. The lowest BCUT2D eigenvalue weighted by atomic mass is 9.84. The summed E-state index contributed by atoms with van der Waals surface area (Å²) in [6.07, 6.45) is 4.81. The van der Waals surface area contributed by atoms with Gasteiger partial charge in [0.25, 0.3) is 5.91 Å². The Hall–Kier alpha value is -2.71. The monoisotopic (exact) mass is 442 g/mol. The number of fused-ring (bicyclic) bond motifs is 2. The van der Waals surface area contributed by atoms with Gasteiger partial charge in [0.05, 0.1) is 10.5 Å². The SMILES string of the molecule is CC(NS(=O)(=O)c1ccc(NC(=O)c2ccc(C(=O)O)cc2)cc1)C1CC2CCC1C2. The van der Waals surface area contributed by atoms with Crippen molar-refractivity contribution >= 4 is 27.6 Å². The van der Waals surface area contributed by atoms with E-state index in [0.717, 1.165) is 12.3 Å². The number of carbonyl (C=O) groups is 2. The molecule has 2 bridgehead atoms. The van der Waals surface area contributed by atoms with Crippen molar-refractivity contribution < 1.29 is 23.1 Å². The van der Waals surface area contributed by atoms with Crippen LogP contribution in [0, 0.1) is 17.8 Å². The van der Waals surface area contributed by atoms with E-state index < -0.39 is 21.9 Å². The third kappa shape index (κ3) is 4.65. The molecule has 0 radical (unpaired) electrons. The van der Waals surface area contributed by atoms with Gasteiger partial charge in [-0.25, -0.2) is 17.9 Å². The Balaban J connectivity index is 1.38. The van der Waals surface area contributed by atoms with Gasteiger partial charge in [-0.3, -0.25) is 4.79 Å². The zero-order chi connectivity index (χ0) is 22.2. The minimum atomic E-state index is -3.64. The molecule has 0 spiro atoms. The first kappa shape index (κ1) is 21.5. The molecular weight excluding hydrogens is 416 g/mol.